The number of benzene rings is 1. The molecular weight excluding hydrogens is 320 g/mol. The van der Waals surface area contributed by atoms with Gasteiger partial charge in [0.2, 0.25) is 10.0 Å². The van der Waals surface area contributed by atoms with Crippen molar-refractivity contribution < 1.29 is 8.42 Å². The Kier molecular flexibility index (Phi) is 7.83. The lowest BCUT2D eigenvalue weighted by Gasteiger charge is -2.19. The molecule has 1 aromatic rings. The van der Waals surface area contributed by atoms with Crippen LogP contribution < -0.4 is 10.5 Å². The van der Waals surface area contributed by atoms with Crippen LogP contribution in [0.25, 0.3) is 0 Å². The van der Waals surface area contributed by atoms with Gasteiger partial charge in [0.25, 0.3) is 0 Å². The molecule has 0 saturated heterocycles. The summed E-state index contributed by atoms with van der Waals surface area (Å²) in [5.74, 6) is 0. The number of hydrogen-bond acceptors (Lipinski definition) is 3. The molecule has 22 heavy (non-hydrogen) atoms. The molecule has 1 aliphatic carbocycles. The van der Waals surface area contributed by atoms with Gasteiger partial charge in [-0.3, -0.25) is 0 Å². The van der Waals surface area contributed by atoms with Crippen LogP contribution in [0.2, 0.25) is 0 Å². The summed E-state index contributed by atoms with van der Waals surface area (Å²) >= 11 is 0. The topological polar surface area (TPSA) is 72.2 Å². The van der Waals surface area contributed by atoms with E-state index >= 15 is 0 Å². The largest absolute Gasteiger partial charge is 0.329 e. The van der Waals surface area contributed by atoms with Crippen molar-refractivity contribution in [1.29, 1.82) is 0 Å². The number of aryl methyl sites for hydroxylation is 2. The van der Waals surface area contributed by atoms with Crippen LogP contribution in [-0.2, 0) is 22.9 Å². The molecule has 0 saturated carbocycles. The van der Waals surface area contributed by atoms with E-state index in [-0.39, 0.29) is 18.4 Å². The Morgan fingerprint density at radius 3 is 2.55 bits per heavy atom. The molecule has 6 heteroatoms. The standard InChI is InChI=1S/C16H26N2O2S.ClH/c1-2-3-8-15(12-17)18-21(19,20)16-10-9-13-6-4-5-7-14(13)11-16;/h9-11,15,18H,2-8,12,17H2,1H3;1H. The summed E-state index contributed by atoms with van der Waals surface area (Å²) in [5, 5.41) is 0. The van der Waals surface area contributed by atoms with E-state index < -0.39 is 10.0 Å². The summed E-state index contributed by atoms with van der Waals surface area (Å²) in [7, 11) is -3.47. The van der Waals surface area contributed by atoms with E-state index in [2.05, 4.69) is 11.6 Å². The second-order valence-electron chi connectivity index (χ2n) is 5.83. The Morgan fingerprint density at radius 2 is 1.91 bits per heavy atom. The molecule has 126 valence electrons. The molecule has 1 atom stereocenters. The monoisotopic (exact) mass is 346 g/mol. The minimum absolute atomic E-state index is 0. The number of nitrogens with two attached hydrogens (primary N) is 1. The Hall–Kier alpha value is -0.620. The van der Waals surface area contributed by atoms with Crippen LogP contribution in [0.5, 0.6) is 0 Å². The highest BCUT2D eigenvalue weighted by atomic mass is 35.5. The van der Waals surface area contributed by atoms with Crippen LogP contribution in [0.15, 0.2) is 23.1 Å². The molecule has 0 radical (unpaired) electrons. The first-order chi connectivity index (χ1) is 10.1. The lowest BCUT2D eigenvalue weighted by atomic mass is 9.92. The zero-order valence-electron chi connectivity index (χ0n) is 13.2. The van der Waals surface area contributed by atoms with Gasteiger partial charge in [0.15, 0.2) is 0 Å². The van der Waals surface area contributed by atoms with Crippen molar-refractivity contribution in [2.24, 2.45) is 5.73 Å². The first-order valence-electron chi connectivity index (χ1n) is 7.91. The van der Waals surface area contributed by atoms with Crippen molar-refractivity contribution in [3.63, 3.8) is 0 Å². The van der Waals surface area contributed by atoms with E-state index in [1.807, 2.05) is 12.1 Å². The molecule has 4 nitrogen and oxygen atoms in total. The molecule has 0 heterocycles. The maximum atomic E-state index is 12.5. The highest BCUT2D eigenvalue weighted by Gasteiger charge is 2.20. The van der Waals surface area contributed by atoms with Crippen LogP contribution >= 0.6 is 12.4 Å². The molecule has 3 N–H and O–H groups in total. The van der Waals surface area contributed by atoms with E-state index in [0.717, 1.165) is 38.5 Å². The first-order valence-corrected chi connectivity index (χ1v) is 9.39. The fraction of sp³-hybridized carbons (Fsp3) is 0.625. The second kappa shape index (κ2) is 8.87. The molecule has 1 unspecified atom stereocenters. The molecule has 0 aromatic heterocycles. The molecule has 0 bridgehead atoms. The van der Waals surface area contributed by atoms with Crippen molar-refractivity contribution in [1.82, 2.24) is 4.72 Å². The van der Waals surface area contributed by atoms with Crippen LogP contribution in [0.1, 0.15) is 50.2 Å². The van der Waals surface area contributed by atoms with Crippen LogP contribution in [0, 0.1) is 0 Å². The fourth-order valence-electron chi connectivity index (χ4n) is 2.84. The van der Waals surface area contributed by atoms with Crippen molar-refractivity contribution in [3.8, 4) is 0 Å². The van der Waals surface area contributed by atoms with Gasteiger partial charge in [0, 0.05) is 12.6 Å². The number of fused-ring (bicyclic) bond motifs is 1. The van der Waals surface area contributed by atoms with E-state index in [1.165, 1.54) is 17.5 Å². The normalized spacial score (nSPS) is 15.7. The Balaban J connectivity index is 0.00000242. The fourth-order valence-corrected chi connectivity index (χ4v) is 4.17. The minimum Gasteiger partial charge on any atom is -0.329 e. The summed E-state index contributed by atoms with van der Waals surface area (Å²) in [5.41, 5.74) is 8.16. The third kappa shape index (κ3) is 4.95. The number of hydrogen-bond donors (Lipinski definition) is 2. The first kappa shape index (κ1) is 19.4. The highest BCUT2D eigenvalue weighted by molar-refractivity contribution is 7.89. The number of sulfonamides is 1. The molecule has 0 fully saturated rings. The van der Waals surface area contributed by atoms with Crippen molar-refractivity contribution in [2.75, 3.05) is 6.54 Å². The van der Waals surface area contributed by atoms with Crippen LogP contribution in [0.4, 0.5) is 0 Å². The predicted molar refractivity (Wildman–Crippen MR) is 93.0 cm³/mol. The molecule has 1 aromatic carbocycles. The minimum atomic E-state index is -3.47. The summed E-state index contributed by atoms with van der Waals surface area (Å²) in [4.78, 5) is 0.373. The second-order valence-corrected chi connectivity index (χ2v) is 7.55. The van der Waals surface area contributed by atoms with E-state index in [9.17, 15) is 8.42 Å². The smallest absolute Gasteiger partial charge is 0.240 e. The van der Waals surface area contributed by atoms with Crippen LogP contribution in [0.3, 0.4) is 0 Å². The van der Waals surface area contributed by atoms with Gasteiger partial charge in [-0.2, -0.15) is 0 Å². The zero-order chi connectivity index (χ0) is 15.3. The zero-order valence-corrected chi connectivity index (χ0v) is 14.8. The van der Waals surface area contributed by atoms with Gasteiger partial charge in [-0.05, 0) is 55.4 Å². The summed E-state index contributed by atoms with van der Waals surface area (Å²) in [6.45, 7) is 2.43. The van der Waals surface area contributed by atoms with Crippen LogP contribution in [-0.4, -0.2) is 21.0 Å². The average Bonchev–Trinajstić information content (AvgIpc) is 2.50. The Morgan fingerprint density at radius 1 is 1.23 bits per heavy atom. The number of halogens is 1. The van der Waals surface area contributed by atoms with Crippen molar-refractivity contribution in [3.05, 3.63) is 29.3 Å². The van der Waals surface area contributed by atoms with Gasteiger partial charge in [0.1, 0.15) is 0 Å². The molecule has 0 spiro atoms. The lowest BCUT2D eigenvalue weighted by molar-refractivity contribution is 0.516. The summed E-state index contributed by atoms with van der Waals surface area (Å²) < 4.78 is 27.7. The molecule has 1 aliphatic rings. The van der Waals surface area contributed by atoms with Crippen molar-refractivity contribution in [2.45, 2.75) is 62.8 Å². The highest BCUT2D eigenvalue weighted by Crippen LogP contribution is 2.24. The predicted octanol–water partition coefficient (Wildman–Crippen LogP) is 2.78. The SMILES string of the molecule is CCCCC(CN)NS(=O)(=O)c1ccc2c(c1)CCCC2.Cl. The molecule has 0 amide bonds. The summed E-state index contributed by atoms with van der Waals surface area (Å²) in [6.07, 6.45) is 7.19. The van der Waals surface area contributed by atoms with E-state index in [1.54, 1.807) is 6.07 Å². The number of unbranched alkanes of at least 4 members (excludes halogenated alkanes) is 1. The van der Waals surface area contributed by atoms with Gasteiger partial charge >= 0.3 is 0 Å². The van der Waals surface area contributed by atoms with Gasteiger partial charge in [-0.25, -0.2) is 13.1 Å². The van der Waals surface area contributed by atoms with Gasteiger partial charge in [-0.1, -0.05) is 25.8 Å². The van der Waals surface area contributed by atoms with Gasteiger partial charge in [0.05, 0.1) is 4.90 Å². The Bertz CT molecular complexity index is 576. The van der Waals surface area contributed by atoms with Crippen molar-refractivity contribution >= 4 is 22.4 Å². The number of rotatable bonds is 7. The quantitative estimate of drug-likeness (QED) is 0.797. The molecule has 2 rings (SSSR count). The lowest BCUT2D eigenvalue weighted by Crippen LogP contribution is -2.40. The van der Waals surface area contributed by atoms with E-state index in [4.69, 9.17) is 5.73 Å². The van der Waals surface area contributed by atoms with E-state index in [0.29, 0.717) is 11.4 Å². The maximum Gasteiger partial charge on any atom is 0.240 e. The number of nitrogens with one attached hydrogen (secondary N) is 1. The Labute approximate surface area is 140 Å². The third-order valence-corrected chi connectivity index (χ3v) is 5.66. The molecule has 0 aliphatic heterocycles. The summed E-state index contributed by atoms with van der Waals surface area (Å²) in [6, 6.07) is 5.35. The van der Waals surface area contributed by atoms with Gasteiger partial charge in [-0.15, -0.1) is 12.4 Å². The third-order valence-electron chi connectivity index (χ3n) is 4.14. The average molecular weight is 347 g/mol. The van der Waals surface area contributed by atoms with Gasteiger partial charge < -0.3 is 5.73 Å². The maximum absolute atomic E-state index is 12.5. The molecular formula is C16H27ClN2O2S.